The van der Waals surface area contributed by atoms with Crippen molar-refractivity contribution in [1.29, 1.82) is 0 Å². The normalized spacial score (nSPS) is 11.2. The van der Waals surface area contributed by atoms with E-state index in [1.165, 1.54) is 6.33 Å². The van der Waals surface area contributed by atoms with E-state index in [0.29, 0.717) is 5.56 Å². The zero-order valence-corrected chi connectivity index (χ0v) is 7.64. The monoisotopic (exact) mass is 201 g/mol. The van der Waals surface area contributed by atoms with Crippen molar-refractivity contribution in [3.05, 3.63) is 30.2 Å². The Labute approximate surface area is 83.7 Å². The van der Waals surface area contributed by atoms with Crippen molar-refractivity contribution in [2.75, 3.05) is 0 Å². The molecule has 0 bridgehead atoms. The van der Waals surface area contributed by atoms with Crippen molar-refractivity contribution in [3.8, 4) is 0 Å². The van der Waals surface area contributed by atoms with Gasteiger partial charge in [0.1, 0.15) is 12.0 Å². The highest BCUT2D eigenvalue weighted by atomic mass is 16.1. The van der Waals surface area contributed by atoms with Crippen LogP contribution in [0, 0.1) is 0 Å². The summed E-state index contributed by atoms with van der Waals surface area (Å²) in [5, 5.41) is 4.79. The number of pyridine rings is 1. The molecule has 0 aliphatic rings. The van der Waals surface area contributed by atoms with Crippen LogP contribution in [0.4, 0.5) is 0 Å². The number of aromatic nitrogens is 4. The summed E-state index contributed by atoms with van der Waals surface area (Å²) in [6.45, 7) is 0. The predicted molar refractivity (Wildman–Crippen MR) is 53.4 cm³/mol. The fraction of sp³-hybridized carbons (Fsp3) is 0. The van der Waals surface area contributed by atoms with Gasteiger partial charge in [0.05, 0.1) is 5.56 Å². The molecule has 6 heteroatoms. The van der Waals surface area contributed by atoms with Gasteiger partial charge in [0, 0.05) is 11.6 Å². The lowest BCUT2D eigenvalue weighted by molar-refractivity contribution is 0.100. The molecule has 3 rings (SSSR count). The lowest BCUT2D eigenvalue weighted by Crippen LogP contribution is -2.09. The van der Waals surface area contributed by atoms with E-state index in [-0.39, 0.29) is 0 Å². The molecule has 3 heterocycles. The number of fused-ring (bicyclic) bond motifs is 3. The van der Waals surface area contributed by atoms with E-state index in [2.05, 4.69) is 15.1 Å². The number of hydrogen-bond acceptors (Lipinski definition) is 3. The maximum absolute atomic E-state index is 11.1. The highest BCUT2D eigenvalue weighted by Gasteiger charge is 2.11. The molecule has 0 spiro atoms. The average molecular weight is 201 g/mol. The van der Waals surface area contributed by atoms with Crippen LogP contribution in [0.3, 0.4) is 0 Å². The number of rotatable bonds is 1. The summed E-state index contributed by atoms with van der Waals surface area (Å²) < 4.78 is 1.63. The standard InChI is InChI=1S/C9H7N5O/c10-8(15)6-3-11-9-5(6)1-2-7-12-4-13-14(7)9/h1-4,11H,(H2,10,15). The fourth-order valence-electron chi connectivity index (χ4n) is 1.67. The molecule has 0 unspecified atom stereocenters. The molecule has 3 N–H and O–H groups in total. The van der Waals surface area contributed by atoms with E-state index in [4.69, 9.17) is 5.73 Å². The van der Waals surface area contributed by atoms with Crippen LogP contribution in [0.2, 0.25) is 0 Å². The number of nitrogens with zero attached hydrogens (tertiary/aromatic N) is 3. The number of amides is 1. The van der Waals surface area contributed by atoms with E-state index in [9.17, 15) is 4.79 Å². The Hall–Kier alpha value is -2.37. The summed E-state index contributed by atoms with van der Waals surface area (Å²) in [4.78, 5) is 18.1. The number of primary amides is 1. The summed E-state index contributed by atoms with van der Waals surface area (Å²) in [5.74, 6) is -0.458. The second kappa shape index (κ2) is 2.57. The molecule has 0 saturated carbocycles. The lowest BCUT2D eigenvalue weighted by Gasteiger charge is -1.95. The quantitative estimate of drug-likeness (QED) is 0.593. The Balaban J connectivity index is 2.51. The Morgan fingerprint density at radius 2 is 2.33 bits per heavy atom. The van der Waals surface area contributed by atoms with Crippen LogP contribution >= 0.6 is 0 Å². The summed E-state index contributed by atoms with van der Waals surface area (Å²) in [7, 11) is 0. The molecule has 6 nitrogen and oxygen atoms in total. The zero-order valence-electron chi connectivity index (χ0n) is 7.64. The van der Waals surface area contributed by atoms with Gasteiger partial charge in [0.2, 0.25) is 0 Å². The number of nitrogens with two attached hydrogens (primary N) is 1. The first-order valence-corrected chi connectivity index (χ1v) is 4.37. The molecule has 0 aromatic carbocycles. The zero-order chi connectivity index (χ0) is 10.4. The number of nitrogens with one attached hydrogen (secondary N) is 1. The molecule has 1 amide bonds. The Kier molecular flexibility index (Phi) is 1.37. The van der Waals surface area contributed by atoms with Crippen LogP contribution in [0.1, 0.15) is 10.4 Å². The number of aromatic amines is 1. The van der Waals surface area contributed by atoms with Crippen LogP contribution in [-0.4, -0.2) is 25.5 Å². The SMILES string of the molecule is NC(=O)c1c[nH]c2c1ccc1ncnn12. The first-order valence-electron chi connectivity index (χ1n) is 4.37. The molecule has 0 aliphatic carbocycles. The third-order valence-electron chi connectivity index (χ3n) is 2.35. The smallest absolute Gasteiger partial charge is 0.250 e. The van der Waals surface area contributed by atoms with E-state index < -0.39 is 5.91 Å². The van der Waals surface area contributed by atoms with E-state index >= 15 is 0 Å². The van der Waals surface area contributed by atoms with Crippen LogP contribution in [-0.2, 0) is 0 Å². The van der Waals surface area contributed by atoms with Crippen molar-refractivity contribution < 1.29 is 4.79 Å². The van der Waals surface area contributed by atoms with Crippen LogP contribution < -0.4 is 5.73 Å². The largest absolute Gasteiger partial charge is 0.366 e. The van der Waals surface area contributed by atoms with Gasteiger partial charge in [-0.2, -0.15) is 9.61 Å². The maximum atomic E-state index is 11.1. The summed E-state index contributed by atoms with van der Waals surface area (Å²) >= 11 is 0. The number of carbonyl (C=O) groups excluding carboxylic acids is 1. The number of hydrogen-bond donors (Lipinski definition) is 2. The second-order valence-electron chi connectivity index (χ2n) is 3.19. The molecular weight excluding hydrogens is 194 g/mol. The van der Waals surface area contributed by atoms with Crippen molar-refractivity contribution in [3.63, 3.8) is 0 Å². The van der Waals surface area contributed by atoms with Gasteiger partial charge in [0.25, 0.3) is 5.91 Å². The lowest BCUT2D eigenvalue weighted by atomic mass is 10.2. The highest BCUT2D eigenvalue weighted by molar-refractivity contribution is 6.05. The van der Waals surface area contributed by atoms with Gasteiger partial charge in [0.15, 0.2) is 5.65 Å². The van der Waals surface area contributed by atoms with Crippen LogP contribution in [0.5, 0.6) is 0 Å². The van der Waals surface area contributed by atoms with E-state index in [1.54, 1.807) is 22.8 Å². The number of carbonyl (C=O) groups is 1. The Bertz CT molecular complexity index is 665. The molecule has 0 saturated heterocycles. The van der Waals surface area contributed by atoms with Crippen molar-refractivity contribution in [2.45, 2.75) is 0 Å². The van der Waals surface area contributed by atoms with Gasteiger partial charge in [-0.05, 0) is 12.1 Å². The predicted octanol–water partition coefficient (Wildman–Crippen LogP) is 0.309. The topological polar surface area (TPSA) is 89.1 Å². The fourth-order valence-corrected chi connectivity index (χ4v) is 1.67. The number of H-pyrrole nitrogens is 1. The highest BCUT2D eigenvalue weighted by Crippen LogP contribution is 2.18. The minimum absolute atomic E-state index is 0.458. The third kappa shape index (κ3) is 0.954. The second-order valence-corrected chi connectivity index (χ2v) is 3.19. The molecule has 0 radical (unpaired) electrons. The van der Waals surface area contributed by atoms with Gasteiger partial charge in [-0.15, -0.1) is 0 Å². The minimum Gasteiger partial charge on any atom is -0.366 e. The Morgan fingerprint density at radius 3 is 3.13 bits per heavy atom. The average Bonchev–Trinajstić information content (AvgIpc) is 2.82. The van der Waals surface area contributed by atoms with Crippen LogP contribution in [0.25, 0.3) is 16.7 Å². The van der Waals surface area contributed by atoms with E-state index in [1.807, 2.05) is 0 Å². The summed E-state index contributed by atoms with van der Waals surface area (Å²) in [6.07, 6.45) is 3.04. The molecule has 74 valence electrons. The molecule has 0 aliphatic heterocycles. The summed E-state index contributed by atoms with van der Waals surface area (Å²) in [5.41, 5.74) is 7.14. The van der Waals surface area contributed by atoms with Crippen LogP contribution in [0.15, 0.2) is 24.7 Å². The molecule has 0 atom stereocenters. The third-order valence-corrected chi connectivity index (χ3v) is 2.35. The van der Waals surface area contributed by atoms with Gasteiger partial charge in [-0.3, -0.25) is 4.79 Å². The molecule has 3 aromatic rings. The van der Waals surface area contributed by atoms with Gasteiger partial charge in [-0.1, -0.05) is 0 Å². The van der Waals surface area contributed by atoms with Gasteiger partial charge in [-0.25, -0.2) is 4.98 Å². The van der Waals surface area contributed by atoms with Crippen molar-refractivity contribution in [2.24, 2.45) is 5.73 Å². The first kappa shape index (κ1) is 7.98. The van der Waals surface area contributed by atoms with Gasteiger partial charge >= 0.3 is 0 Å². The Morgan fingerprint density at radius 1 is 1.47 bits per heavy atom. The first-order chi connectivity index (χ1) is 7.27. The van der Waals surface area contributed by atoms with Crippen molar-refractivity contribution in [1.82, 2.24) is 19.6 Å². The van der Waals surface area contributed by atoms with E-state index in [0.717, 1.165) is 16.7 Å². The summed E-state index contributed by atoms with van der Waals surface area (Å²) in [6, 6.07) is 3.59. The molecule has 15 heavy (non-hydrogen) atoms. The molecular formula is C9H7N5O. The molecule has 0 fully saturated rings. The van der Waals surface area contributed by atoms with Gasteiger partial charge < -0.3 is 10.7 Å². The minimum atomic E-state index is -0.458. The molecule has 3 aromatic heterocycles. The maximum Gasteiger partial charge on any atom is 0.250 e. The van der Waals surface area contributed by atoms with Crippen molar-refractivity contribution >= 4 is 22.6 Å².